The predicted octanol–water partition coefficient (Wildman–Crippen LogP) is 2.78. The molecule has 0 atom stereocenters. The zero-order chi connectivity index (χ0) is 10.8. The summed E-state index contributed by atoms with van der Waals surface area (Å²) in [6.07, 6.45) is 1.77. The lowest BCUT2D eigenvalue weighted by atomic mass is 9.94. The largest absolute Gasteiger partial charge is 0.384 e. The van der Waals surface area contributed by atoms with Gasteiger partial charge in [0.05, 0.1) is 6.20 Å². The SMILES string of the molecule is CC(C)c1ccccc1-c1cn[nH]c1N. The highest BCUT2D eigenvalue weighted by molar-refractivity contribution is 5.76. The molecule has 3 nitrogen and oxygen atoms in total. The quantitative estimate of drug-likeness (QED) is 0.785. The normalized spacial score (nSPS) is 10.9. The number of nitrogen functional groups attached to an aromatic ring is 1. The maximum atomic E-state index is 5.82. The Labute approximate surface area is 89.3 Å². The van der Waals surface area contributed by atoms with Crippen molar-refractivity contribution >= 4 is 5.82 Å². The van der Waals surface area contributed by atoms with Crippen LogP contribution < -0.4 is 5.73 Å². The minimum atomic E-state index is 0.482. The van der Waals surface area contributed by atoms with Gasteiger partial charge >= 0.3 is 0 Å². The summed E-state index contributed by atoms with van der Waals surface area (Å²) in [5, 5.41) is 6.71. The standard InChI is InChI=1S/C12H15N3/c1-8(2)9-5-3-4-6-10(9)11-7-14-15-12(11)13/h3-8H,1-2H3,(H3,13,14,15). The molecule has 0 radical (unpaired) electrons. The number of nitrogens with one attached hydrogen (secondary N) is 1. The number of nitrogens with two attached hydrogens (primary N) is 1. The summed E-state index contributed by atoms with van der Waals surface area (Å²) in [7, 11) is 0. The van der Waals surface area contributed by atoms with E-state index in [2.05, 4.69) is 42.2 Å². The second-order valence-corrected chi connectivity index (χ2v) is 3.94. The number of nitrogens with zero attached hydrogens (tertiary/aromatic N) is 1. The van der Waals surface area contributed by atoms with E-state index in [1.165, 1.54) is 11.1 Å². The van der Waals surface area contributed by atoms with Gasteiger partial charge in [0.15, 0.2) is 0 Å². The lowest BCUT2D eigenvalue weighted by Crippen LogP contribution is -1.94. The van der Waals surface area contributed by atoms with Gasteiger partial charge in [0.1, 0.15) is 5.82 Å². The van der Waals surface area contributed by atoms with Gasteiger partial charge in [-0.2, -0.15) is 5.10 Å². The second kappa shape index (κ2) is 3.77. The van der Waals surface area contributed by atoms with Crippen molar-refractivity contribution in [2.45, 2.75) is 19.8 Å². The summed E-state index contributed by atoms with van der Waals surface area (Å²) in [6.45, 7) is 4.35. The summed E-state index contributed by atoms with van der Waals surface area (Å²) < 4.78 is 0. The van der Waals surface area contributed by atoms with E-state index in [9.17, 15) is 0 Å². The lowest BCUT2D eigenvalue weighted by Gasteiger charge is -2.11. The van der Waals surface area contributed by atoms with Gasteiger partial charge < -0.3 is 5.73 Å². The molecule has 1 heterocycles. The van der Waals surface area contributed by atoms with Gasteiger partial charge in [-0.25, -0.2) is 0 Å². The average Bonchev–Trinajstić information content (AvgIpc) is 2.64. The fraction of sp³-hybridized carbons (Fsp3) is 0.250. The highest BCUT2D eigenvalue weighted by Gasteiger charge is 2.11. The minimum Gasteiger partial charge on any atom is -0.384 e. The Morgan fingerprint density at radius 2 is 1.93 bits per heavy atom. The van der Waals surface area contributed by atoms with Crippen LogP contribution in [0.15, 0.2) is 30.5 Å². The van der Waals surface area contributed by atoms with Gasteiger partial charge in [-0.1, -0.05) is 38.1 Å². The van der Waals surface area contributed by atoms with Gasteiger partial charge in [-0.3, -0.25) is 5.10 Å². The van der Waals surface area contributed by atoms with Crippen LogP contribution in [0.25, 0.3) is 11.1 Å². The third kappa shape index (κ3) is 1.73. The number of rotatable bonds is 2. The fourth-order valence-electron chi connectivity index (χ4n) is 1.76. The van der Waals surface area contributed by atoms with E-state index >= 15 is 0 Å². The van der Waals surface area contributed by atoms with Gasteiger partial charge in [0, 0.05) is 5.56 Å². The van der Waals surface area contributed by atoms with Crippen molar-refractivity contribution < 1.29 is 0 Å². The van der Waals surface area contributed by atoms with E-state index in [1.54, 1.807) is 6.20 Å². The summed E-state index contributed by atoms with van der Waals surface area (Å²) in [5.74, 6) is 1.11. The fourth-order valence-corrected chi connectivity index (χ4v) is 1.76. The molecule has 0 saturated carbocycles. The van der Waals surface area contributed by atoms with E-state index in [4.69, 9.17) is 5.73 Å². The van der Waals surface area contributed by atoms with E-state index in [0.29, 0.717) is 11.7 Å². The molecule has 0 aliphatic carbocycles. The Hall–Kier alpha value is -1.77. The molecule has 3 N–H and O–H groups in total. The smallest absolute Gasteiger partial charge is 0.126 e. The number of benzene rings is 1. The molecule has 0 unspecified atom stereocenters. The van der Waals surface area contributed by atoms with Crippen LogP contribution in [-0.2, 0) is 0 Å². The van der Waals surface area contributed by atoms with Crippen LogP contribution in [0.4, 0.5) is 5.82 Å². The molecule has 0 spiro atoms. The first kappa shape index (κ1) is 9.77. The highest BCUT2D eigenvalue weighted by atomic mass is 15.1. The first-order valence-corrected chi connectivity index (χ1v) is 5.08. The predicted molar refractivity (Wildman–Crippen MR) is 62.5 cm³/mol. The monoisotopic (exact) mass is 201 g/mol. The molecule has 15 heavy (non-hydrogen) atoms. The Bertz CT molecular complexity index is 457. The van der Waals surface area contributed by atoms with Crippen LogP contribution in [0.1, 0.15) is 25.3 Å². The van der Waals surface area contributed by atoms with E-state index < -0.39 is 0 Å². The zero-order valence-electron chi connectivity index (χ0n) is 8.99. The van der Waals surface area contributed by atoms with Crippen molar-refractivity contribution in [1.82, 2.24) is 10.2 Å². The van der Waals surface area contributed by atoms with E-state index in [0.717, 1.165) is 5.56 Å². The molecule has 1 aromatic carbocycles. The topological polar surface area (TPSA) is 54.7 Å². The second-order valence-electron chi connectivity index (χ2n) is 3.94. The molecular weight excluding hydrogens is 186 g/mol. The van der Waals surface area contributed by atoms with Gasteiger partial charge in [0.25, 0.3) is 0 Å². The number of hydrogen-bond acceptors (Lipinski definition) is 2. The molecule has 2 rings (SSSR count). The third-order valence-electron chi connectivity index (χ3n) is 2.54. The van der Waals surface area contributed by atoms with Crippen molar-refractivity contribution in [3.63, 3.8) is 0 Å². The third-order valence-corrected chi connectivity index (χ3v) is 2.54. The Kier molecular flexibility index (Phi) is 2.46. The molecule has 78 valence electrons. The molecule has 0 bridgehead atoms. The summed E-state index contributed by atoms with van der Waals surface area (Å²) >= 11 is 0. The molecule has 2 aromatic rings. The maximum absolute atomic E-state index is 5.82. The Morgan fingerprint density at radius 1 is 1.20 bits per heavy atom. The molecule has 3 heteroatoms. The van der Waals surface area contributed by atoms with Crippen molar-refractivity contribution in [2.75, 3.05) is 5.73 Å². The van der Waals surface area contributed by atoms with Crippen molar-refractivity contribution in [3.05, 3.63) is 36.0 Å². The zero-order valence-corrected chi connectivity index (χ0v) is 8.99. The average molecular weight is 201 g/mol. The van der Waals surface area contributed by atoms with Crippen LogP contribution in [0.5, 0.6) is 0 Å². The van der Waals surface area contributed by atoms with Crippen LogP contribution in [0.3, 0.4) is 0 Å². The van der Waals surface area contributed by atoms with Crippen LogP contribution in [-0.4, -0.2) is 10.2 Å². The van der Waals surface area contributed by atoms with Crippen LogP contribution >= 0.6 is 0 Å². The van der Waals surface area contributed by atoms with Crippen molar-refractivity contribution in [3.8, 4) is 11.1 Å². The molecule has 1 aromatic heterocycles. The first-order valence-electron chi connectivity index (χ1n) is 5.08. The van der Waals surface area contributed by atoms with Crippen molar-refractivity contribution in [1.29, 1.82) is 0 Å². The maximum Gasteiger partial charge on any atom is 0.126 e. The highest BCUT2D eigenvalue weighted by Crippen LogP contribution is 2.31. The summed E-state index contributed by atoms with van der Waals surface area (Å²) in [4.78, 5) is 0. The van der Waals surface area contributed by atoms with Gasteiger partial charge in [-0.05, 0) is 17.0 Å². The van der Waals surface area contributed by atoms with Crippen molar-refractivity contribution in [2.24, 2.45) is 0 Å². The Morgan fingerprint density at radius 3 is 2.53 bits per heavy atom. The van der Waals surface area contributed by atoms with Gasteiger partial charge in [0.2, 0.25) is 0 Å². The van der Waals surface area contributed by atoms with E-state index in [1.807, 2.05) is 6.07 Å². The Balaban J connectivity index is 2.58. The number of aromatic nitrogens is 2. The molecule has 0 aliphatic heterocycles. The number of anilines is 1. The van der Waals surface area contributed by atoms with Gasteiger partial charge in [-0.15, -0.1) is 0 Å². The molecular formula is C12H15N3. The number of H-pyrrole nitrogens is 1. The number of hydrogen-bond donors (Lipinski definition) is 2. The van der Waals surface area contributed by atoms with Crippen LogP contribution in [0.2, 0.25) is 0 Å². The summed E-state index contributed by atoms with van der Waals surface area (Å²) in [5.41, 5.74) is 9.27. The van der Waals surface area contributed by atoms with E-state index in [-0.39, 0.29) is 0 Å². The lowest BCUT2D eigenvalue weighted by molar-refractivity contribution is 0.869. The minimum absolute atomic E-state index is 0.482. The molecule has 0 aliphatic rings. The molecule has 0 saturated heterocycles. The summed E-state index contributed by atoms with van der Waals surface area (Å²) in [6, 6.07) is 8.28. The molecule has 0 amide bonds. The van der Waals surface area contributed by atoms with Crippen LogP contribution in [0, 0.1) is 0 Å². The first-order chi connectivity index (χ1) is 7.20. The molecule has 0 fully saturated rings. The number of aromatic amines is 1.